The smallest absolute Gasteiger partial charge is 0.193 e. The molecule has 0 unspecified atom stereocenters. The molecule has 0 saturated carbocycles. The maximum absolute atomic E-state index is 5.40. The molecule has 6 heteroatoms. The first-order chi connectivity index (χ1) is 11.1. The molecular formula is C17H26BrN3O2. The SMILES string of the molecule is CN=C(NCc1cc(Br)c(OC)c(OC)c1)N1CCC(C)CC1. The van der Waals surface area contributed by atoms with Crippen molar-refractivity contribution in [2.75, 3.05) is 34.4 Å². The number of halogens is 1. The van der Waals surface area contributed by atoms with E-state index in [0.29, 0.717) is 12.3 Å². The highest BCUT2D eigenvalue weighted by atomic mass is 79.9. The minimum Gasteiger partial charge on any atom is -0.493 e. The first-order valence-corrected chi connectivity index (χ1v) is 8.74. The van der Waals surface area contributed by atoms with Crippen LogP contribution in [0.2, 0.25) is 0 Å². The number of rotatable bonds is 4. The topological polar surface area (TPSA) is 46.1 Å². The molecule has 1 saturated heterocycles. The van der Waals surface area contributed by atoms with Gasteiger partial charge in [-0.3, -0.25) is 4.99 Å². The van der Waals surface area contributed by atoms with Gasteiger partial charge in [0.1, 0.15) is 0 Å². The van der Waals surface area contributed by atoms with Gasteiger partial charge < -0.3 is 19.7 Å². The van der Waals surface area contributed by atoms with Crippen LogP contribution >= 0.6 is 15.9 Å². The van der Waals surface area contributed by atoms with E-state index in [1.807, 2.05) is 19.2 Å². The van der Waals surface area contributed by atoms with Crippen molar-refractivity contribution >= 4 is 21.9 Å². The van der Waals surface area contributed by atoms with Crippen molar-refractivity contribution in [2.45, 2.75) is 26.3 Å². The van der Waals surface area contributed by atoms with E-state index < -0.39 is 0 Å². The molecule has 0 aromatic heterocycles. The third-order valence-electron chi connectivity index (χ3n) is 4.24. The van der Waals surface area contributed by atoms with E-state index in [0.717, 1.165) is 40.8 Å². The Labute approximate surface area is 147 Å². The minimum atomic E-state index is 0.692. The summed E-state index contributed by atoms with van der Waals surface area (Å²) in [5.41, 5.74) is 1.11. The highest BCUT2D eigenvalue weighted by molar-refractivity contribution is 9.10. The van der Waals surface area contributed by atoms with Crippen LogP contribution in [-0.2, 0) is 6.54 Å². The van der Waals surface area contributed by atoms with Gasteiger partial charge in [-0.25, -0.2) is 0 Å². The van der Waals surface area contributed by atoms with Gasteiger partial charge in [0.05, 0.1) is 18.7 Å². The molecule has 1 heterocycles. The zero-order valence-electron chi connectivity index (χ0n) is 14.4. The van der Waals surface area contributed by atoms with Gasteiger partial charge in [-0.15, -0.1) is 0 Å². The summed E-state index contributed by atoms with van der Waals surface area (Å²) < 4.78 is 11.6. The molecule has 0 radical (unpaired) electrons. The van der Waals surface area contributed by atoms with Crippen LogP contribution in [0.15, 0.2) is 21.6 Å². The number of hydrogen-bond donors (Lipinski definition) is 1. The van der Waals surface area contributed by atoms with Crippen LogP contribution in [0.5, 0.6) is 11.5 Å². The Kier molecular flexibility index (Phi) is 6.57. The summed E-state index contributed by atoms with van der Waals surface area (Å²) >= 11 is 3.53. The summed E-state index contributed by atoms with van der Waals surface area (Å²) in [6.07, 6.45) is 2.45. The van der Waals surface area contributed by atoms with Crippen molar-refractivity contribution in [1.29, 1.82) is 0 Å². The molecule has 2 rings (SSSR count). The fourth-order valence-corrected chi connectivity index (χ4v) is 3.46. The molecule has 0 aliphatic carbocycles. The standard InChI is InChI=1S/C17H26BrN3O2/c1-12-5-7-21(8-6-12)17(19-2)20-11-13-9-14(18)16(23-4)15(10-13)22-3/h9-10,12H,5-8,11H2,1-4H3,(H,19,20). The molecule has 1 aromatic carbocycles. The number of piperidine rings is 1. The number of benzene rings is 1. The van der Waals surface area contributed by atoms with E-state index in [1.54, 1.807) is 14.2 Å². The quantitative estimate of drug-likeness (QED) is 0.640. The number of likely N-dealkylation sites (tertiary alicyclic amines) is 1. The van der Waals surface area contributed by atoms with Gasteiger partial charge in [-0.1, -0.05) is 6.92 Å². The van der Waals surface area contributed by atoms with Crippen LogP contribution in [0.3, 0.4) is 0 Å². The molecule has 0 bridgehead atoms. The summed E-state index contributed by atoms with van der Waals surface area (Å²) in [6.45, 7) is 5.14. The number of hydrogen-bond acceptors (Lipinski definition) is 3. The highest BCUT2D eigenvalue weighted by Crippen LogP contribution is 2.36. The predicted molar refractivity (Wildman–Crippen MR) is 97.4 cm³/mol. The van der Waals surface area contributed by atoms with Crippen molar-refractivity contribution in [3.05, 3.63) is 22.2 Å². The van der Waals surface area contributed by atoms with Crippen molar-refractivity contribution < 1.29 is 9.47 Å². The molecule has 128 valence electrons. The molecule has 0 spiro atoms. The third kappa shape index (κ3) is 4.53. The van der Waals surface area contributed by atoms with Gasteiger partial charge in [0, 0.05) is 26.7 Å². The molecule has 5 nitrogen and oxygen atoms in total. The van der Waals surface area contributed by atoms with E-state index in [9.17, 15) is 0 Å². The first-order valence-electron chi connectivity index (χ1n) is 7.95. The molecule has 1 aliphatic heterocycles. The van der Waals surface area contributed by atoms with Crippen molar-refractivity contribution in [3.63, 3.8) is 0 Å². The normalized spacial score (nSPS) is 16.4. The summed E-state index contributed by atoms with van der Waals surface area (Å²) in [5.74, 6) is 3.21. The fraction of sp³-hybridized carbons (Fsp3) is 0.588. The molecule has 1 aromatic rings. The summed E-state index contributed by atoms with van der Waals surface area (Å²) in [5, 5.41) is 3.44. The Morgan fingerprint density at radius 3 is 2.57 bits per heavy atom. The molecule has 23 heavy (non-hydrogen) atoms. The second-order valence-corrected chi connectivity index (χ2v) is 6.74. The number of ether oxygens (including phenoxy) is 2. The maximum Gasteiger partial charge on any atom is 0.193 e. The van der Waals surface area contributed by atoms with Crippen LogP contribution in [0.1, 0.15) is 25.3 Å². The summed E-state index contributed by atoms with van der Waals surface area (Å²) in [4.78, 5) is 6.74. The van der Waals surface area contributed by atoms with Crippen LogP contribution in [0.25, 0.3) is 0 Å². The largest absolute Gasteiger partial charge is 0.493 e. The lowest BCUT2D eigenvalue weighted by molar-refractivity contribution is 0.273. The van der Waals surface area contributed by atoms with E-state index in [1.165, 1.54) is 12.8 Å². The van der Waals surface area contributed by atoms with Crippen LogP contribution < -0.4 is 14.8 Å². The highest BCUT2D eigenvalue weighted by Gasteiger charge is 2.18. The zero-order chi connectivity index (χ0) is 16.8. The van der Waals surface area contributed by atoms with E-state index in [2.05, 4.69) is 38.1 Å². The van der Waals surface area contributed by atoms with E-state index in [4.69, 9.17) is 9.47 Å². The van der Waals surface area contributed by atoms with Gasteiger partial charge in [0.25, 0.3) is 0 Å². The Morgan fingerprint density at radius 1 is 1.30 bits per heavy atom. The third-order valence-corrected chi connectivity index (χ3v) is 4.83. The van der Waals surface area contributed by atoms with Crippen LogP contribution in [0, 0.1) is 5.92 Å². The Balaban J connectivity index is 2.03. The Morgan fingerprint density at radius 2 is 2.00 bits per heavy atom. The number of guanidine groups is 1. The maximum atomic E-state index is 5.40. The molecular weight excluding hydrogens is 358 g/mol. The fourth-order valence-electron chi connectivity index (χ4n) is 2.81. The van der Waals surface area contributed by atoms with Gasteiger partial charge in [-0.05, 0) is 52.4 Å². The molecule has 0 atom stereocenters. The number of nitrogens with one attached hydrogen (secondary N) is 1. The van der Waals surface area contributed by atoms with Gasteiger partial charge in [0.15, 0.2) is 17.5 Å². The van der Waals surface area contributed by atoms with Crippen molar-refractivity contribution in [2.24, 2.45) is 10.9 Å². The average Bonchev–Trinajstić information content (AvgIpc) is 2.56. The summed E-state index contributed by atoms with van der Waals surface area (Å²) in [7, 11) is 5.12. The van der Waals surface area contributed by atoms with Gasteiger partial charge in [-0.2, -0.15) is 0 Å². The van der Waals surface area contributed by atoms with Gasteiger partial charge in [0.2, 0.25) is 0 Å². The van der Waals surface area contributed by atoms with Crippen LogP contribution in [0.4, 0.5) is 0 Å². The first kappa shape index (κ1) is 17.9. The second-order valence-electron chi connectivity index (χ2n) is 5.88. The molecule has 0 amide bonds. The lowest BCUT2D eigenvalue weighted by atomic mass is 9.99. The van der Waals surface area contributed by atoms with Crippen molar-refractivity contribution in [1.82, 2.24) is 10.2 Å². The van der Waals surface area contributed by atoms with Crippen molar-refractivity contribution in [3.8, 4) is 11.5 Å². The monoisotopic (exact) mass is 383 g/mol. The lowest BCUT2D eigenvalue weighted by Crippen LogP contribution is -2.45. The average molecular weight is 384 g/mol. The Hall–Kier alpha value is -1.43. The number of methoxy groups -OCH3 is 2. The molecule has 1 fully saturated rings. The van der Waals surface area contributed by atoms with E-state index in [-0.39, 0.29) is 0 Å². The van der Waals surface area contributed by atoms with Gasteiger partial charge >= 0.3 is 0 Å². The molecule has 1 aliphatic rings. The Bertz CT molecular complexity index is 555. The summed E-state index contributed by atoms with van der Waals surface area (Å²) in [6, 6.07) is 4.03. The number of aliphatic imine (C=N–C) groups is 1. The minimum absolute atomic E-state index is 0.692. The van der Waals surface area contributed by atoms with Crippen LogP contribution in [-0.4, -0.2) is 45.2 Å². The second kappa shape index (κ2) is 8.43. The molecule has 1 N–H and O–H groups in total. The zero-order valence-corrected chi connectivity index (χ0v) is 15.9. The predicted octanol–water partition coefficient (Wildman–Crippen LogP) is 3.27. The van der Waals surface area contributed by atoms with E-state index >= 15 is 0 Å². The lowest BCUT2D eigenvalue weighted by Gasteiger charge is -2.33. The number of nitrogens with zero attached hydrogens (tertiary/aromatic N) is 2.